The largest absolute Gasteiger partial charge is 0.356 e. The van der Waals surface area contributed by atoms with Gasteiger partial charge in [0, 0.05) is 25.1 Å². The maximum atomic E-state index is 12.2. The predicted molar refractivity (Wildman–Crippen MR) is 94.7 cm³/mol. The number of rotatable bonds is 6. The minimum Gasteiger partial charge on any atom is -0.356 e. The van der Waals surface area contributed by atoms with Crippen LogP contribution in [0.15, 0.2) is 54.6 Å². The Balaban J connectivity index is 1.42. The average molecular weight is 322 g/mol. The molecule has 0 heterocycles. The van der Waals surface area contributed by atoms with Gasteiger partial charge in [0.05, 0.1) is 0 Å². The standard InChI is InChI=1S/C20H22N2O2/c1-14(23)22-17-9-7-15(8-10-17)11-12-21-20(24)19-13-18(19)16-5-3-2-4-6-16/h2-10,18-19H,11-13H2,1H3,(H,21,24)(H,22,23)/t18-,19+/m1/s1. The second kappa shape index (κ2) is 7.30. The zero-order valence-electron chi connectivity index (χ0n) is 13.8. The molecule has 2 aromatic rings. The summed E-state index contributed by atoms with van der Waals surface area (Å²) in [6.45, 7) is 2.13. The van der Waals surface area contributed by atoms with Crippen molar-refractivity contribution in [2.45, 2.75) is 25.7 Å². The van der Waals surface area contributed by atoms with Gasteiger partial charge in [-0.05, 0) is 42.0 Å². The molecule has 0 unspecified atom stereocenters. The molecule has 2 N–H and O–H groups in total. The van der Waals surface area contributed by atoms with Crippen LogP contribution in [0.1, 0.15) is 30.4 Å². The summed E-state index contributed by atoms with van der Waals surface area (Å²) in [7, 11) is 0. The lowest BCUT2D eigenvalue weighted by molar-refractivity contribution is -0.122. The molecule has 1 aliphatic rings. The first-order chi connectivity index (χ1) is 11.6. The molecule has 0 saturated heterocycles. The molecule has 1 fully saturated rings. The molecule has 1 aliphatic carbocycles. The number of carbonyl (C=O) groups is 2. The Bertz CT molecular complexity index is 710. The molecule has 0 radical (unpaired) electrons. The smallest absolute Gasteiger partial charge is 0.223 e. The first-order valence-corrected chi connectivity index (χ1v) is 8.32. The first kappa shape index (κ1) is 16.2. The molecule has 24 heavy (non-hydrogen) atoms. The minimum absolute atomic E-state index is 0.0765. The Hall–Kier alpha value is -2.62. The lowest BCUT2D eigenvalue weighted by atomic mass is 10.1. The van der Waals surface area contributed by atoms with Crippen molar-refractivity contribution in [2.24, 2.45) is 5.92 Å². The van der Waals surface area contributed by atoms with Crippen molar-refractivity contribution in [2.75, 3.05) is 11.9 Å². The van der Waals surface area contributed by atoms with Crippen molar-refractivity contribution < 1.29 is 9.59 Å². The highest BCUT2D eigenvalue weighted by atomic mass is 16.2. The van der Waals surface area contributed by atoms with E-state index in [2.05, 4.69) is 22.8 Å². The molecule has 4 heteroatoms. The maximum absolute atomic E-state index is 12.2. The molecule has 1 saturated carbocycles. The fraction of sp³-hybridized carbons (Fsp3) is 0.300. The predicted octanol–water partition coefficient (Wildman–Crippen LogP) is 3.11. The zero-order valence-corrected chi connectivity index (χ0v) is 13.8. The molecule has 4 nitrogen and oxygen atoms in total. The van der Waals surface area contributed by atoms with Crippen molar-refractivity contribution in [3.05, 3.63) is 65.7 Å². The maximum Gasteiger partial charge on any atom is 0.223 e. The average Bonchev–Trinajstić information content (AvgIpc) is 3.37. The van der Waals surface area contributed by atoms with E-state index in [9.17, 15) is 9.59 Å². The lowest BCUT2D eigenvalue weighted by Gasteiger charge is -2.07. The monoisotopic (exact) mass is 322 g/mol. The van der Waals surface area contributed by atoms with Crippen molar-refractivity contribution in [1.29, 1.82) is 0 Å². The first-order valence-electron chi connectivity index (χ1n) is 8.32. The minimum atomic E-state index is -0.0765. The van der Waals surface area contributed by atoms with Crippen molar-refractivity contribution in [3.63, 3.8) is 0 Å². The van der Waals surface area contributed by atoms with E-state index < -0.39 is 0 Å². The number of carbonyl (C=O) groups excluding carboxylic acids is 2. The Morgan fingerprint density at radius 1 is 1.04 bits per heavy atom. The molecule has 124 valence electrons. The Labute approximate surface area is 142 Å². The number of nitrogens with one attached hydrogen (secondary N) is 2. The van der Waals surface area contributed by atoms with E-state index >= 15 is 0 Å². The molecule has 0 aliphatic heterocycles. The van der Waals surface area contributed by atoms with Crippen LogP contribution in [0.3, 0.4) is 0 Å². The third-order valence-electron chi connectivity index (χ3n) is 4.34. The van der Waals surface area contributed by atoms with Gasteiger partial charge in [-0.1, -0.05) is 42.5 Å². The molecule has 2 amide bonds. The van der Waals surface area contributed by atoms with Gasteiger partial charge in [-0.25, -0.2) is 0 Å². The van der Waals surface area contributed by atoms with E-state index in [1.165, 1.54) is 12.5 Å². The Morgan fingerprint density at radius 2 is 1.75 bits per heavy atom. The summed E-state index contributed by atoms with van der Waals surface area (Å²) in [4.78, 5) is 23.2. The van der Waals surface area contributed by atoms with Gasteiger partial charge in [-0.15, -0.1) is 0 Å². The molecule has 0 spiro atoms. The van der Waals surface area contributed by atoms with Crippen molar-refractivity contribution >= 4 is 17.5 Å². The highest BCUT2D eigenvalue weighted by Crippen LogP contribution is 2.47. The van der Waals surface area contributed by atoms with Crippen molar-refractivity contribution in [3.8, 4) is 0 Å². The summed E-state index contributed by atoms with van der Waals surface area (Å²) in [6.07, 6.45) is 1.73. The molecular weight excluding hydrogens is 300 g/mol. The highest BCUT2D eigenvalue weighted by molar-refractivity contribution is 5.88. The lowest BCUT2D eigenvalue weighted by Crippen LogP contribution is -2.27. The topological polar surface area (TPSA) is 58.2 Å². The van der Waals surface area contributed by atoms with Crippen LogP contribution in [0.25, 0.3) is 0 Å². The molecular formula is C20H22N2O2. The number of hydrogen-bond acceptors (Lipinski definition) is 2. The summed E-state index contributed by atoms with van der Waals surface area (Å²) in [6, 6.07) is 17.9. The van der Waals surface area contributed by atoms with Crippen LogP contribution in [-0.2, 0) is 16.0 Å². The van der Waals surface area contributed by atoms with Gasteiger partial charge >= 0.3 is 0 Å². The second-order valence-corrected chi connectivity index (χ2v) is 6.28. The van der Waals surface area contributed by atoms with Crippen LogP contribution in [0.2, 0.25) is 0 Å². The third kappa shape index (κ3) is 4.22. The summed E-state index contributed by atoms with van der Waals surface area (Å²) in [5, 5.41) is 5.77. The van der Waals surface area contributed by atoms with Crippen LogP contribution in [0.4, 0.5) is 5.69 Å². The fourth-order valence-electron chi connectivity index (χ4n) is 2.97. The quantitative estimate of drug-likeness (QED) is 0.858. The number of amides is 2. The zero-order chi connectivity index (χ0) is 16.9. The van der Waals surface area contributed by atoms with E-state index in [0.717, 1.165) is 24.1 Å². The van der Waals surface area contributed by atoms with E-state index in [1.807, 2.05) is 42.5 Å². The van der Waals surface area contributed by atoms with Crippen LogP contribution < -0.4 is 10.6 Å². The van der Waals surface area contributed by atoms with Crippen LogP contribution >= 0.6 is 0 Å². The van der Waals surface area contributed by atoms with Crippen LogP contribution in [-0.4, -0.2) is 18.4 Å². The van der Waals surface area contributed by atoms with Gasteiger partial charge in [-0.3, -0.25) is 9.59 Å². The molecule has 2 aromatic carbocycles. The third-order valence-corrected chi connectivity index (χ3v) is 4.34. The van der Waals surface area contributed by atoms with E-state index in [0.29, 0.717) is 12.5 Å². The van der Waals surface area contributed by atoms with E-state index in [-0.39, 0.29) is 17.7 Å². The van der Waals surface area contributed by atoms with Crippen LogP contribution in [0, 0.1) is 5.92 Å². The Morgan fingerprint density at radius 3 is 2.42 bits per heavy atom. The second-order valence-electron chi connectivity index (χ2n) is 6.28. The number of hydrogen-bond donors (Lipinski definition) is 2. The van der Waals surface area contributed by atoms with Crippen LogP contribution in [0.5, 0.6) is 0 Å². The molecule has 3 rings (SSSR count). The van der Waals surface area contributed by atoms with Gasteiger partial charge in [0.1, 0.15) is 0 Å². The normalized spacial score (nSPS) is 18.7. The number of benzene rings is 2. The van der Waals surface area contributed by atoms with Gasteiger partial charge in [0.2, 0.25) is 11.8 Å². The summed E-state index contributed by atoms with van der Waals surface area (Å²) in [5.74, 6) is 0.573. The molecule has 2 atom stereocenters. The summed E-state index contributed by atoms with van der Waals surface area (Å²) >= 11 is 0. The fourth-order valence-corrected chi connectivity index (χ4v) is 2.97. The van der Waals surface area contributed by atoms with Gasteiger partial charge in [-0.2, -0.15) is 0 Å². The highest BCUT2D eigenvalue weighted by Gasteiger charge is 2.43. The summed E-state index contributed by atoms with van der Waals surface area (Å²) < 4.78 is 0. The van der Waals surface area contributed by atoms with E-state index in [1.54, 1.807) is 0 Å². The number of anilines is 1. The van der Waals surface area contributed by atoms with Gasteiger partial charge in [0.15, 0.2) is 0 Å². The SMILES string of the molecule is CC(=O)Nc1ccc(CCNC(=O)[C@H]2C[C@@H]2c2ccccc2)cc1. The molecule has 0 aromatic heterocycles. The van der Waals surface area contributed by atoms with Gasteiger partial charge < -0.3 is 10.6 Å². The Kier molecular flexibility index (Phi) is 4.94. The van der Waals surface area contributed by atoms with Crippen molar-refractivity contribution in [1.82, 2.24) is 5.32 Å². The summed E-state index contributed by atoms with van der Waals surface area (Å²) in [5.41, 5.74) is 3.19. The molecule has 0 bridgehead atoms. The van der Waals surface area contributed by atoms with E-state index in [4.69, 9.17) is 0 Å². The van der Waals surface area contributed by atoms with Gasteiger partial charge in [0.25, 0.3) is 0 Å².